The maximum Gasteiger partial charge on any atom is 0.123 e. The molecule has 0 fully saturated rings. The lowest BCUT2D eigenvalue weighted by atomic mass is 10.4. The Morgan fingerprint density at radius 3 is 1.47 bits per heavy atom. The summed E-state index contributed by atoms with van der Waals surface area (Å²) < 4.78 is 2.98. The van der Waals surface area contributed by atoms with Gasteiger partial charge in [-0.15, -0.1) is 0 Å². The average molecular weight is 246 g/mol. The normalized spacial score (nSPS) is 13.6. The van der Waals surface area contributed by atoms with E-state index in [2.05, 4.69) is 58.9 Å². The van der Waals surface area contributed by atoms with Gasteiger partial charge >= 0.3 is 0 Å². The van der Waals surface area contributed by atoms with Crippen LogP contribution in [0.3, 0.4) is 0 Å². The van der Waals surface area contributed by atoms with Crippen LogP contribution in [-0.2, 0) is 0 Å². The van der Waals surface area contributed by atoms with Gasteiger partial charge in [-0.1, -0.05) is 54.6 Å². The second-order valence-corrected chi connectivity index (χ2v) is 14.1. The van der Waals surface area contributed by atoms with E-state index in [1.807, 2.05) is 0 Å². The smallest absolute Gasteiger partial charge is 0.123 e. The van der Waals surface area contributed by atoms with Crippen LogP contribution in [0.15, 0.2) is 0 Å². The van der Waals surface area contributed by atoms with Crippen LogP contribution in [0.25, 0.3) is 0 Å². The first-order valence-corrected chi connectivity index (χ1v) is 11.9. The Labute approximate surface area is 100 Å². The average Bonchev–Trinajstić information content (AvgIpc) is 2.11. The lowest BCUT2D eigenvalue weighted by Crippen LogP contribution is -2.62. The molecule has 1 nitrogen and oxygen atoms in total. The number of rotatable bonds is 6. The Balaban J connectivity index is 5.16. The third-order valence-corrected chi connectivity index (χ3v) is 14.9. The van der Waals surface area contributed by atoms with Crippen molar-refractivity contribution in [2.75, 3.05) is 0 Å². The molecule has 0 rings (SSSR count). The van der Waals surface area contributed by atoms with Crippen molar-refractivity contribution >= 4 is 17.2 Å². The minimum Gasteiger partial charge on any atom is -0.345 e. The summed E-state index contributed by atoms with van der Waals surface area (Å²) in [5.74, 6) is 0. The van der Waals surface area contributed by atoms with Gasteiger partial charge in [0.1, 0.15) is 8.24 Å². The van der Waals surface area contributed by atoms with Gasteiger partial charge in [0.15, 0.2) is 0 Å². The zero-order valence-electron chi connectivity index (χ0n) is 12.1. The quantitative estimate of drug-likeness (QED) is 0.638. The van der Waals surface area contributed by atoms with Gasteiger partial charge in [-0.2, -0.15) is 0 Å². The molecule has 0 N–H and O–H groups in total. The molecule has 0 bridgehead atoms. The van der Waals surface area contributed by atoms with Crippen LogP contribution >= 0.6 is 0 Å². The Hall–Kier alpha value is 0.394. The summed E-state index contributed by atoms with van der Waals surface area (Å²) in [5, 5.41) is 0. The highest BCUT2D eigenvalue weighted by Gasteiger charge is 2.41. The lowest BCUT2D eigenvalue weighted by Gasteiger charge is -2.49. The molecule has 0 unspecified atom stereocenters. The van der Waals surface area contributed by atoms with Crippen LogP contribution in [0, 0.1) is 0 Å². The van der Waals surface area contributed by atoms with Crippen molar-refractivity contribution in [2.45, 2.75) is 78.3 Å². The maximum atomic E-state index is 2.98. The van der Waals surface area contributed by atoms with Gasteiger partial charge in [-0.05, 0) is 23.7 Å². The standard InChI is InChI=1S/C12H31NSi2/c1-9-15(10-2,12(5)6)13(11(3)4)14(7)8/h11-12,14H,9-10H2,1-8H3. The van der Waals surface area contributed by atoms with Crippen molar-refractivity contribution in [3.63, 3.8) is 0 Å². The molecule has 15 heavy (non-hydrogen) atoms. The second-order valence-electron chi connectivity index (χ2n) is 5.56. The van der Waals surface area contributed by atoms with E-state index in [-0.39, 0.29) is 0 Å². The summed E-state index contributed by atoms with van der Waals surface area (Å²) in [6, 6.07) is 3.60. The van der Waals surface area contributed by atoms with Crippen LogP contribution < -0.4 is 0 Å². The second kappa shape index (κ2) is 6.21. The molecule has 0 aromatic carbocycles. The molecule has 0 heterocycles. The zero-order chi connectivity index (χ0) is 12.2. The van der Waals surface area contributed by atoms with E-state index in [1.54, 1.807) is 0 Å². The molecule has 0 aromatic rings. The van der Waals surface area contributed by atoms with Gasteiger partial charge in [0.2, 0.25) is 0 Å². The molecule has 92 valence electrons. The Bertz CT molecular complexity index is 166. The molecule has 0 aromatic heterocycles. The first kappa shape index (κ1) is 15.4. The molecule has 0 saturated heterocycles. The third-order valence-electron chi connectivity index (χ3n) is 3.93. The molecule has 0 spiro atoms. The first-order valence-electron chi connectivity index (χ1n) is 6.61. The van der Waals surface area contributed by atoms with Crippen LogP contribution in [0.2, 0.25) is 30.7 Å². The van der Waals surface area contributed by atoms with E-state index >= 15 is 0 Å². The molecule has 0 aliphatic heterocycles. The molecule has 0 aliphatic carbocycles. The maximum absolute atomic E-state index is 2.98. The zero-order valence-corrected chi connectivity index (χ0v) is 14.2. The summed E-state index contributed by atoms with van der Waals surface area (Å²) in [6.45, 7) is 19.5. The molecule has 0 aliphatic rings. The van der Waals surface area contributed by atoms with Crippen LogP contribution in [0.5, 0.6) is 0 Å². The molecule has 0 amide bonds. The lowest BCUT2D eigenvalue weighted by molar-refractivity contribution is 0.496. The van der Waals surface area contributed by atoms with Crippen LogP contribution in [0.4, 0.5) is 0 Å². The Kier molecular flexibility index (Phi) is 6.37. The molecular formula is C12H31NSi2. The van der Waals surface area contributed by atoms with Crippen molar-refractivity contribution < 1.29 is 0 Å². The van der Waals surface area contributed by atoms with Crippen molar-refractivity contribution in [3.05, 3.63) is 0 Å². The summed E-state index contributed by atoms with van der Waals surface area (Å²) in [4.78, 5) is 0. The highest BCUT2D eigenvalue weighted by Crippen LogP contribution is 2.34. The molecule has 0 saturated carbocycles. The largest absolute Gasteiger partial charge is 0.345 e. The monoisotopic (exact) mass is 245 g/mol. The van der Waals surface area contributed by atoms with E-state index in [4.69, 9.17) is 0 Å². The van der Waals surface area contributed by atoms with Gasteiger partial charge in [-0.25, -0.2) is 0 Å². The summed E-state index contributed by atoms with van der Waals surface area (Å²) >= 11 is 0. The minimum absolute atomic E-state index is 0.665. The van der Waals surface area contributed by atoms with Gasteiger partial charge in [0.25, 0.3) is 0 Å². The minimum atomic E-state index is -1.18. The summed E-state index contributed by atoms with van der Waals surface area (Å²) in [7, 11) is -1.85. The van der Waals surface area contributed by atoms with Crippen LogP contribution in [-0.4, -0.2) is 27.5 Å². The molecule has 0 radical (unpaired) electrons. The highest BCUT2D eigenvalue weighted by molar-refractivity contribution is 6.86. The van der Waals surface area contributed by atoms with E-state index in [9.17, 15) is 0 Å². The van der Waals surface area contributed by atoms with E-state index in [1.165, 1.54) is 12.1 Å². The fourth-order valence-corrected chi connectivity index (χ4v) is 15.1. The predicted octanol–water partition coefficient (Wildman–Crippen LogP) is 4.08. The van der Waals surface area contributed by atoms with E-state index < -0.39 is 17.2 Å². The van der Waals surface area contributed by atoms with Gasteiger partial charge in [-0.3, -0.25) is 0 Å². The molecular weight excluding hydrogens is 214 g/mol. The molecule has 3 heteroatoms. The van der Waals surface area contributed by atoms with Gasteiger partial charge < -0.3 is 4.23 Å². The number of hydrogen-bond donors (Lipinski definition) is 0. The van der Waals surface area contributed by atoms with Crippen molar-refractivity contribution in [1.29, 1.82) is 0 Å². The Morgan fingerprint density at radius 1 is 1.00 bits per heavy atom. The van der Waals surface area contributed by atoms with Crippen LogP contribution in [0.1, 0.15) is 41.5 Å². The number of hydrogen-bond acceptors (Lipinski definition) is 1. The first-order chi connectivity index (χ1) is 6.83. The SMILES string of the molecule is CC[Si](CC)(C(C)C)N(C(C)C)[SiH](C)C. The van der Waals surface area contributed by atoms with E-state index in [0.717, 1.165) is 11.6 Å². The van der Waals surface area contributed by atoms with Crippen molar-refractivity contribution in [3.8, 4) is 0 Å². The van der Waals surface area contributed by atoms with Crippen molar-refractivity contribution in [1.82, 2.24) is 4.23 Å². The van der Waals surface area contributed by atoms with Crippen molar-refractivity contribution in [2.24, 2.45) is 0 Å². The third kappa shape index (κ3) is 3.17. The van der Waals surface area contributed by atoms with Gasteiger partial charge in [0.05, 0.1) is 8.96 Å². The van der Waals surface area contributed by atoms with Gasteiger partial charge in [0, 0.05) is 0 Å². The number of nitrogens with zero attached hydrogens (tertiary/aromatic N) is 1. The van der Waals surface area contributed by atoms with E-state index in [0.29, 0.717) is 0 Å². The fraction of sp³-hybridized carbons (Fsp3) is 1.00. The topological polar surface area (TPSA) is 3.24 Å². The molecule has 0 atom stereocenters. The summed E-state index contributed by atoms with van der Waals surface area (Å²) in [5.41, 5.74) is 0.893. The summed E-state index contributed by atoms with van der Waals surface area (Å²) in [6.07, 6.45) is 0. The fourth-order valence-electron chi connectivity index (χ4n) is 3.35. The predicted molar refractivity (Wildman–Crippen MR) is 77.7 cm³/mol. The Morgan fingerprint density at radius 2 is 1.40 bits per heavy atom. The highest BCUT2D eigenvalue weighted by atomic mass is 28.4.